The lowest BCUT2D eigenvalue weighted by molar-refractivity contribution is -0.130. The van der Waals surface area contributed by atoms with Gasteiger partial charge in [-0.15, -0.1) is 0 Å². The summed E-state index contributed by atoms with van der Waals surface area (Å²) in [5, 5.41) is 0. The molecule has 1 saturated carbocycles. The van der Waals surface area contributed by atoms with Gasteiger partial charge >= 0.3 is 0 Å². The lowest BCUT2D eigenvalue weighted by Crippen LogP contribution is -2.50. The summed E-state index contributed by atoms with van der Waals surface area (Å²) in [5.74, 6) is 1.16. The van der Waals surface area contributed by atoms with Crippen LogP contribution >= 0.6 is 0 Å². The van der Waals surface area contributed by atoms with E-state index in [0.29, 0.717) is 11.7 Å². The third-order valence-corrected chi connectivity index (χ3v) is 3.72. The van der Waals surface area contributed by atoms with Gasteiger partial charge in [-0.25, -0.2) is 0 Å². The quantitative estimate of drug-likeness (QED) is 0.652. The number of carbonyl (C=O) groups excluding carboxylic acids is 1. The van der Waals surface area contributed by atoms with Gasteiger partial charge in [-0.2, -0.15) is 0 Å². The number of nitrogens with zero attached hydrogens (tertiary/aromatic N) is 1. The Balaban J connectivity index is 2.67. The molecule has 0 aromatic rings. The van der Waals surface area contributed by atoms with Gasteiger partial charge in [0.05, 0.1) is 5.54 Å². The number of carbonyl (C=O) groups is 1. The van der Waals surface area contributed by atoms with Crippen LogP contribution in [0.5, 0.6) is 0 Å². The van der Waals surface area contributed by atoms with E-state index in [1.165, 1.54) is 12.8 Å². The van der Waals surface area contributed by atoms with Crippen molar-refractivity contribution in [3.63, 3.8) is 0 Å². The second-order valence-corrected chi connectivity index (χ2v) is 4.70. The van der Waals surface area contributed by atoms with Gasteiger partial charge < -0.3 is 0 Å². The molecule has 0 spiro atoms. The lowest BCUT2D eigenvalue weighted by atomic mass is 9.84. The number of hydrogen-bond donors (Lipinski definition) is 0. The summed E-state index contributed by atoms with van der Waals surface area (Å²) < 4.78 is 0. The molecule has 0 unspecified atom stereocenters. The maximum Gasteiger partial charge on any atom is 0.153 e. The van der Waals surface area contributed by atoms with Crippen LogP contribution in [0.2, 0.25) is 0 Å². The monoisotopic (exact) mass is 197 g/mol. The second kappa shape index (κ2) is 4.43. The third-order valence-electron chi connectivity index (χ3n) is 3.72. The smallest absolute Gasteiger partial charge is 0.153 e. The first-order chi connectivity index (χ1) is 6.56. The Morgan fingerprint density at radius 1 is 1.29 bits per heavy atom. The zero-order valence-electron chi connectivity index (χ0n) is 9.97. The highest BCUT2D eigenvalue weighted by molar-refractivity contribution is 5.88. The lowest BCUT2D eigenvalue weighted by Gasteiger charge is -2.37. The predicted molar refractivity (Wildman–Crippen MR) is 59.3 cm³/mol. The molecule has 0 atom stereocenters. The first-order valence-electron chi connectivity index (χ1n) is 5.77. The minimum Gasteiger partial charge on any atom is -0.298 e. The van der Waals surface area contributed by atoms with Crippen LogP contribution < -0.4 is 0 Å². The summed E-state index contributed by atoms with van der Waals surface area (Å²) in [5.41, 5.74) is -0.192. The van der Waals surface area contributed by atoms with E-state index < -0.39 is 0 Å². The zero-order valence-corrected chi connectivity index (χ0v) is 9.97. The molecule has 0 aromatic carbocycles. The summed E-state index contributed by atoms with van der Waals surface area (Å²) in [4.78, 5) is 14.3. The highest BCUT2D eigenvalue weighted by Gasteiger charge is 2.39. The molecule has 1 aliphatic carbocycles. The van der Waals surface area contributed by atoms with E-state index in [4.69, 9.17) is 0 Å². The Kier molecular flexibility index (Phi) is 3.71. The van der Waals surface area contributed by atoms with E-state index in [-0.39, 0.29) is 5.54 Å². The number of rotatable bonds is 6. The van der Waals surface area contributed by atoms with Crippen LogP contribution in [0.3, 0.4) is 0 Å². The molecule has 0 aliphatic heterocycles. The third kappa shape index (κ3) is 2.17. The van der Waals surface area contributed by atoms with Crippen molar-refractivity contribution in [2.24, 2.45) is 5.92 Å². The van der Waals surface area contributed by atoms with Gasteiger partial charge in [-0.05, 0) is 45.7 Å². The van der Waals surface area contributed by atoms with E-state index in [1.807, 2.05) is 14.1 Å². The molecule has 14 heavy (non-hydrogen) atoms. The molecule has 1 rings (SSSR count). The number of hydrogen-bond acceptors (Lipinski definition) is 2. The normalized spacial score (nSPS) is 17.5. The number of ketones is 1. The maximum atomic E-state index is 12.2. The standard InChI is InChI=1S/C12H23NO/c1-5-12(6-2,13(3)4)11(14)9-10-7-8-10/h10H,5-9H2,1-4H3. The summed E-state index contributed by atoms with van der Waals surface area (Å²) >= 11 is 0. The molecule has 1 fully saturated rings. The van der Waals surface area contributed by atoms with Crippen LogP contribution in [-0.4, -0.2) is 30.3 Å². The fourth-order valence-corrected chi connectivity index (χ4v) is 2.30. The first-order valence-corrected chi connectivity index (χ1v) is 5.77. The van der Waals surface area contributed by atoms with Gasteiger partial charge in [0, 0.05) is 6.42 Å². The maximum absolute atomic E-state index is 12.2. The molecule has 0 saturated heterocycles. The van der Waals surface area contributed by atoms with E-state index in [1.54, 1.807) is 0 Å². The van der Waals surface area contributed by atoms with Gasteiger partial charge in [0.2, 0.25) is 0 Å². The average molecular weight is 197 g/mol. The second-order valence-electron chi connectivity index (χ2n) is 4.70. The molecule has 0 heterocycles. The van der Waals surface area contributed by atoms with Crippen LogP contribution in [0.1, 0.15) is 46.0 Å². The summed E-state index contributed by atoms with van der Waals surface area (Å²) in [6.07, 6.45) is 5.20. The Labute approximate surface area is 87.7 Å². The Morgan fingerprint density at radius 3 is 2.07 bits per heavy atom. The molecule has 0 bridgehead atoms. The van der Waals surface area contributed by atoms with Crippen LogP contribution in [0, 0.1) is 5.92 Å². The van der Waals surface area contributed by atoms with Crippen LogP contribution in [0.25, 0.3) is 0 Å². The van der Waals surface area contributed by atoms with Crippen molar-refractivity contribution in [2.75, 3.05) is 14.1 Å². The van der Waals surface area contributed by atoms with E-state index in [0.717, 1.165) is 19.3 Å². The number of Topliss-reactive ketones (excluding diaryl/α,β-unsaturated/α-hetero) is 1. The van der Waals surface area contributed by atoms with Gasteiger partial charge in [0.1, 0.15) is 0 Å². The van der Waals surface area contributed by atoms with Crippen molar-refractivity contribution >= 4 is 5.78 Å². The fraction of sp³-hybridized carbons (Fsp3) is 0.917. The molecule has 2 heteroatoms. The van der Waals surface area contributed by atoms with Gasteiger partial charge in [0.15, 0.2) is 5.78 Å². The fourth-order valence-electron chi connectivity index (χ4n) is 2.30. The van der Waals surface area contributed by atoms with Crippen LogP contribution in [-0.2, 0) is 4.79 Å². The predicted octanol–water partition coefficient (Wildman–Crippen LogP) is 2.48. The summed E-state index contributed by atoms with van der Waals surface area (Å²) in [7, 11) is 4.05. The molecule has 0 N–H and O–H groups in total. The Hall–Kier alpha value is -0.370. The van der Waals surface area contributed by atoms with Gasteiger partial charge in [-0.3, -0.25) is 9.69 Å². The van der Waals surface area contributed by atoms with E-state index in [9.17, 15) is 4.79 Å². The molecule has 1 aliphatic rings. The molecule has 0 aromatic heterocycles. The molecular formula is C12H23NO. The SMILES string of the molecule is CCC(CC)(C(=O)CC1CC1)N(C)C. The molecule has 0 radical (unpaired) electrons. The van der Waals surface area contributed by atoms with Crippen LogP contribution in [0.15, 0.2) is 0 Å². The van der Waals surface area contributed by atoms with Crippen molar-refractivity contribution in [2.45, 2.75) is 51.5 Å². The minimum absolute atomic E-state index is 0.192. The van der Waals surface area contributed by atoms with Crippen molar-refractivity contribution in [3.8, 4) is 0 Å². The number of likely N-dealkylation sites (N-methyl/N-ethyl adjacent to an activating group) is 1. The molecule has 2 nitrogen and oxygen atoms in total. The van der Waals surface area contributed by atoms with Crippen molar-refractivity contribution in [1.82, 2.24) is 4.90 Å². The molecular weight excluding hydrogens is 174 g/mol. The summed E-state index contributed by atoms with van der Waals surface area (Å²) in [6, 6.07) is 0. The van der Waals surface area contributed by atoms with Crippen molar-refractivity contribution < 1.29 is 4.79 Å². The van der Waals surface area contributed by atoms with Crippen molar-refractivity contribution in [1.29, 1.82) is 0 Å². The van der Waals surface area contributed by atoms with E-state index in [2.05, 4.69) is 18.7 Å². The largest absolute Gasteiger partial charge is 0.298 e. The topological polar surface area (TPSA) is 20.3 Å². The minimum atomic E-state index is -0.192. The first kappa shape index (κ1) is 11.7. The Morgan fingerprint density at radius 2 is 1.79 bits per heavy atom. The Bertz CT molecular complexity index is 202. The van der Waals surface area contributed by atoms with E-state index >= 15 is 0 Å². The molecule has 82 valence electrons. The van der Waals surface area contributed by atoms with Crippen LogP contribution in [0.4, 0.5) is 0 Å². The molecule has 0 amide bonds. The highest BCUT2D eigenvalue weighted by atomic mass is 16.1. The van der Waals surface area contributed by atoms with Gasteiger partial charge in [0.25, 0.3) is 0 Å². The van der Waals surface area contributed by atoms with Crippen molar-refractivity contribution in [3.05, 3.63) is 0 Å². The summed E-state index contributed by atoms with van der Waals surface area (Å²) in [6.45, 7) is 4.24. The zero-order chi connectivity index (χ0) is 10.8. The average Bonchev–Trinajstić information content (AvgIpc) is 2.90. The highest BCUT2D eigenvalue weighted by Crippen LogP contribution is 2.36. The van der Waals surface area contributed by atoms with Gasteiger partial charge in [-0.1, -0.05) is 13.8 Å².